The molecular weight excluding hydrogens is 252 g/mol. The van der Waals surface area contributed by atoms with Crippen molar-refractivity contribution < 1.29 is 4.74 Å². The van der Waals surface area contributed by atoms with E-state index in [1.54, 1.807) is 7.11 Å². The Morgan fingerprint density at radius 2 is 2.15 bits per heavy atom. The molecule has 0 aromatic carbocycles. The maximum Gasteiger partial charge on any atom is 0.224 e. The summed E-state index contributed by atoms with van der Waals surface area (Å²) >= 11 is 0. The van der Waals surface area contributed by atoms with Crippen molar-refractivity contribution in [1.29, 1.82) is 0 Å². The van der Waals surface area contributed by atoms with E-state index < -0.39 is 0 Å². The number of hydrogen-bond donors (Lipinski definition) is 2. The molecule has 0 aliphatic heterocycles. The van der Waals surface area contributed by atoms with Crippen LogP contribution in [0.4, 0.5) is 11.8 Å². The van der Waals surface area contributed by atoms with Crippen molar-refractivity contribution >= 4 is 11.8 Å². The van der Waals surface area contributed by atoms with Crippen molar-refractivity contribution in [3.05, 3.63) is 11.8 Å². The molecule has 2 N–H and O–H groups in total. The Kier molecular flexibility index (Phi) is 5.17. The molecule has 5 heteroatoms. The Bertz CT molecular complexity index is 432. The molecule has 1 heterocycles. The summed E-state index contributed by atoms with van der Waals surface area (Å²) in [5.74, 6) is 1.66. The third-order valence-corrected chi connectivity index (χ3v) is 3.93. The molecule has 0 amide bonds. The Hall–Kier alpha value is -1.36. The van der Waals surface area contributed by atoms with Crippen LogP contribution < -0.4 is 10.6 Å². The highest BCUT2D eigenvalue weighted by Crippen LogP contribution is 2.48. The molecule has 112 valence electrons. The maximum absolute atomic E-state index is 5.19. The van der Waals surface area contributed by atoms with Crippen LogP contribution in [0.1, 0.15) is 38.2 Å². The number of anilines is 2. The van der Waals surface area contributed by atoms with Gasteiger partial charge in [-0.3, -0.25) is 0 Å². The van der Waals surface area contributed by atoms with E-state index in [9.17, 15) is 0 Å². The van der Waals surface area contributed by atoms with Crippen LogP contribution >= 0.6 is 0 Å². The number of nitrogens with one attached hydrogen (secondary N) is 2. The SMILES string of the molecule is CCCNc1ncc(C)c(NCC2(CCOC)CC2)n1. The number of aromatic nitrogens is 2. The molecule has 1 fully saturated rings. The molecule has 2 rings (SSSR count). The van der Waals surface area contributed by atoms with Gasteiger partial charge in [-0.15, -0.1) is 0 Å². The van der Waals surface area contributed by atoms with Gasteiger partial charge in [0, 0.05) is 38.6 Å². The van der Waals surface area contributed by atoms with Crippen molar-refractivity contribution in [3.63, 3.8) is 0 Å². The second-order valence-electron chi connectivity index (χ2n) is 5.75. The smallest absolute Gasteiger partial charge is 0.224 e. The lowest BCUT2D eigenvalue weighted by molar-refractivity contribution is 0.175. The van der Waals surface area contributed by atoms with Gasteiger partial charge in [0.25, 0.3) is 0 Å². The van der Waals surface area contributed by atoms with Crippen LogP contribution in [0.25, 0.3) is 0 Å². The van der Waals surface area contributed by atoms with E-state index in [1.807, 2.05) is 13.1 Å². The summed E-state index contributed by atoms with van der Waals surface area (Å²) in [4.78, 5) is 8.86. The molecule has 5 nitrogen and oxygen atoms in total. The standard InChI is InChI=1S/C15H26N4O/c1-4-8-16-14-17-10-12(2)13(19-14)18-11-15(5-6-15)7-9-20-3/h10H,4-9,11H2,1-3H3,(H2,16,17,18,19). The van der Waals surface area contributed by atoms with Gasteiger partial charge in [-0.2, -0.15) is 4.98 Å². The summed E-state index contributed by atoms with van der Waals surface area (Å²) in [7, 11) is 1.77. The number of hydrogen-bond acceptors (Lipinski definition) is 5. The highest BCUT2D eigenvalue weighted by atomic mass is 16.5. The van der Waals surface area contributed by atoms with Crippen molar-refractivity contribution in [1.82, 2.24) is 9.97 Å². The Morgan fingerprint density at radius 3 is 2.80 bits per heavy atom. The van der Waals surface area contributed by atoms with Crippen LogP contribution in [-0.2, 0) is 4.74 Å². The van der Waals surface area contributed by atoms with Crippen LogP contribution in [0.15, 0.2) is 6.20 Å². The third-order valence-electron chi connectivity index (χ3n) is 3.93. The van der Waals surface area contributed by atoms with Crippen molar-refractivity contribution in [2.75, 3.05) is 37.4 Å². The van der Waals surface area contributed by atoms with Gasteiger partial charge in [0.15, 0.2) is 0 Å². The molecule has 1 aromatic heterocycles. The van der Waals surface area contributed by atoms with Crippen molar-refractivity contribution in [3.8, 4) is 0 Å². The second kappa shape index (κ2) is 6.88. The first-order chi connectivity index (χ1) is 9.69. The van der Waals surface area contributed by atoms with Crippen LogP contribution in [0.2, 0.25) is 0 Å². The molecule has 1 aromatic rings. The second-order valence-corrected chi connectivity index (χ2v) is 5.75. The highest BCUT2D eigenvalue weighted by Gasteiger charge is 2.41. The molecule has 0 unspecified atom stereocenters. The summed E-state index contributed by atoms with van der Waals surface area (Å²) in [5.41, 5.74) is 1.51. The number of nitrogens with zero attached hydrogens (tertiary/aromatic N) is 2. The Morgan fingerprint density at radius 1 is 1.35 bits per heavy atom. The summed E-state index contributed by atoms with van der Waals surface area (Å²) < 4.78 is 5.19. The van der Waals surface area contributed by atoms with Crippen LogP contribution in [0.5, 0.6) is 0 Å². The molecule has 1 aliphatic rings. The van der Waals surface area contributed by atoms with Crippen molar-refractivity contribution in [2.24, 2.45) is 5.41 Å². The first kappa shape index (κ1) is 15.0. The Labute approximate surface area is 121 Å². The predicted molar refractivity (Wildman–Crippen MR) is 82.2 cm³/mol. The van der Waals surface area contributed by atoms with E-state index in [0.29, 0.717) is 11.4 Å². The van der Waals surface area contributed by atoms with E-state index >= 15 is 0 Å². The van der Waals surface area contributed by atoms with Gasteiger partial charge >= 0.3 is 0 Å². The van der Waals surface area contributed by atoms with Crippen LogP contribution in [0.3, 0.4) is 0 Å². The largest absolute Gasteiger partial charge is 0.385 e. The maximum atomic E-state index is 5.19. The molecule has 0 saturated heterocycles. The Balaban J connectivity index is 1.91. The zero-order valence-electron chi connectivity index (χ0n) is 12.8. The van der Waals surface area contributed by atoms with E-state index in [2.05, 4.69) is 27.5 Å². The molecular formula is C15H26N4O. The average Bonchev–Trinajstić information content (AvgIpc) is 3.23. The minimum absolute atomic E-state index is 0.421. The van der Waals surface area contributed by atoms with E-state index in [1.165, 1.54) is 12.8 Å². The fourth-order valence-corrected chi connectivity index (χ4v) is 2.22. The van der Waals surface area contributed by atoms with Gasteiger partial charge in [-0.25, -0.2) is 4.98 Å². The number of ether oxygens (including phenoxy) is 1. The average molecular weight is 278 g/mol. The van der Waals surface area contributed by atoms with Gasteiger partial charge in [-0.05, 0) is 38.0 Å². The number of methoxy groups -OCH3 is 1. The summed E-state index contributed by atoms with van der Waals surface area (Å²) in [6.45, 7) is 6.89. The van der Waals surface area contributed by atoms with E-state index in [0.717, 1.165) is 43.9 Å². The van der Waals surface area contributed by atoms with Crippen LogP contribution in [0, 0.1) is 12.3 Å². The number of rotatable bonds is 9. The quantitative estimate of drug-likeness (QED) is 0.727. The molecule has 1 aliphatic carbocycles. The molecule has 0 spiro atoms. The lowest BCUT2D eigenvalue weighted by Gasteiger charge is -2.17. The lowest BCUT2D eigenvalue weighted by Crippen LogP contribution is -2.19. The lowest BCUT2D eigenvalue weighted by atomic mass is 10.0. The number of aryl methyl sites for hydroxylation is 1. The molecule has 0 atom stereocenters. The van der Waals surface area contributed by atoms with E-state index in [4.69, 9.17) is 4.74 Å². The minimum atomic E-state index is 0.421. The van der Waals surface area contributed by atoms with Crippen molar-refractivity contribution in [2.45, 2.75) is 39.5 Å². The third kappa shape index (κ3) is 4.07. The highest BCUT2D eigenvalue weighted by molar-refractivity contribution is 5.46. The molecule has 20 heavy (non-hydrogen) atoms. The summed E-state index contributed by atoms with van der Waals surface area (Å²) in [6.07, 6.45) is 6.65. The van der Waals surface area contributed by atoms with Gasteiger partial charge in [-0.1, -0.05) is 6.92 Å². The first-order valence-corrected chi connectivity index (χ1v) is 7.49. The summed E-state index contributed by atoms with van der Waals surface area (Å²) in [6, 6.07) is 0. The zero-order chi connectivity index (χ0) is 14.4. The van der Waals surface area contributed by atoms with Gasteiger partial charge in [0.05, 0.1) is 0 Å². The van der Waals surface area contributed by atoms with Gasteiger partial charge in [0.2, 0.25) is 5.95 Å². The van der Waals surface area contributed by atoms with E-state index in [-0.39, 0.29) is 0 Å². The zero-order valence-corrected chi connectivity index (χ0v) is 12.8. The topological polar surface area (TPSA) is 59.1 Å². The normalized spacial score (nSPS) is 15.9. The monoisotopic (exact) mass is 278 g/mol. The van der Waals surface area contributed by atoms with Gasteiger partial charge in [0.1, 0.15) is 5.82 Å². The molecule has 1 saturated carbocycles. The fourth-order valence-electron chi connectivity index (χ4n) is 2.22. The molecule has 0 bridgehead atoms. The first-order valence-electron chi connectivity index (χ1n) is 7.49. The summed E-state index contributed by atoms with van der Waals surface area (Å²) in [5, 5.41) is 6.72. The fraction of sp³-hybridized carbons (Fsp3) is 0.733. The van der Waals surface area contributed by atoms with Crippen LogP contribution in [-0.4, -0.2) is 36.8 Å². The predicted octanol–water partition coefficient (Wildman–Crippen LogP) is 2.84. The molecule has 0 radical (unpaired) electrons. The van der Waals surface area contributed by atoms with Gasteiger partial charge < -0.3 is 15.4 Å². The minimum Gasteiger partial charge on any atom is -0.385 e.